The Morgan fingerprint density at radius 2 is 1.26 bits per heavy atom. The summed E-state index contributed by atoms with van der Waals surface area (Å²) in [4.78, 5) is 0. The van der Waals surface area contributed by atoms with Gasteiger partial charge in [-0.3, -0.25) is 0 Å². The molecule has 1 atom stereocenters. The second-order valence-corrected chi connectivity index (χ2v) is 17.1. The summed E-state index contributed by atoms with van der Waals surface area (Å²) in [5.74, 6) is 0. The molecule has 0 fully saturated rings. The second-order valence-electron chi connectivity index (χ2n) is 7.18. The van der Waals surface area contributed by atoms with E-state index in [4.69, 9.17) is 4.43 Å². The molecule has 0 aliphatic heterocycles. The van der Waals surface area contributed by atoms with Crippen molar-refractivity contribution in [2.24, 2.45) is 0 Å². The van der Waals surface area contributed by atoms with E-state index in [9.17, 15) is 0 Å². The molecule has 0 saturated heterocycles. The summed E-state index contributed by atoms with van der Waals surface area (Å²) in [6.45, 7) is 16.5. The van der Waals surface area contributed by atoms with Crippen LogP contribution in [0.2, 0.25) is 36.3 Å². The van der Waals surface area contributed by atoms with E-state index >= 15 is 0 Å². The third-order valence-corrected chi connectivity index (χ3v) is 16.0. The summed E-state index contributed by atoms with van der Waals surface area (Å²) in [5.41, 5.74) is 2.64. The number of rotatable bonds is 14. The van der Waals surface area contributed by atoms with Gasteiger partial charge in [0.25, 0.3) is 0 Å². The topological polar surface area (TPSA) is 9.23 Å². The molecule has 0 aromatic heterocycles. The Kier molecular flexibility index (Phi) is 12.6. The normalized spacial score (nSPS) is 14.6. The first-order valence-corrected chi connectivity index (χ1v) is 15.6. The molecule has 0 aliphatic rings. The van der Waals surface area contributed by atoms with Gasteiger partial charge in [0, 0.05) is 0 Å². The Morgan fingerprint density at radius 1 is 0.739 bits per heavy atom. The molecule has 0 saturated carbocycles. The maximum absolute atomic E-state index is 6.84. The van der Waals surface area contributed by atoms with Crippen LogP contribution in [0.25, 0.3) is 0 Å². The molecule has 0 rings (SSSR count). The largest absolute Gasteiger partial charge is 0.411 e. The molecule has 0 N–H and O–H groups in total. The summed E-state index contributed by atoms with van der Waals surface area (Å²) >= 11 is 0. The molecular formula is C20H44OSi2. The van der Waals surface area contributed by atoms with Crippen LogP contribution in [0, 0.1) is 0 Å². The molecule has 0 aliphatic carbocycles. The Bertz CT molecular complexity index is 290. The van der Waals surface area contributed by atoms with Gasteiger partial charge in [-0.05, 0) is 24.6 Å². The van der Waals surface area contributed by atoms with Crippen LogP contribution in [0.3, 0.4) is 0 Å². The van der Waals surface area contributed by atoms with Crippen LogP contribution in [0.15, 0.2) is 11.8 Å². The number of hydrogen-bond donors (Lipinski definition) is 0. The molecule has 0 spiro atoms. The zero-order valence-electron chi connectivity index (χ0n) is 17.2. The summed E-state index contributed by atoms with van der Waals surface area (Å²) in [7, 11) is -2.68. The van der Waals surface area contributed by atoms with Gasteiger partial charge in [-0.1, -0.05) is 97.6 Å². The van der Waals surface area contributed by atoms with E-state index in [2.05, 4.69) is 60.2 Å². The van der Waals surface area contributed by atoms with Crippen LogP contribution in [0.4, 0.5) is 0 Å². The first kappa shape index (κ1) is 23.1. The molecule has 23 heavy (non-hydrogen) atoms. The van der Waals surface area contributed by atoms with Crippen molar-refractivity contribution in [2.45, 2.75) is 117 Å². The van der Waals surface area contributed by atoms with E-state index in [0.29, 0.717) is 6.10 Å². The standard InChI is InChI=1S/C20H44OSi2/c1-8-15-16-17-20(21-23(12-5,13-6)14-7)18-19-22(9-2,10-3)11-4/h18-20H,8-17H2,1-7H3/b19-18+. The Morgan fingerprint density at radius 3 is 1.65 bits per heavy atom. The van der Waals surface area contributed by atoms with Crippen LogP contribution in [-0.4, -0.2) is 22.5 Å². The lowest BCUT2D eigenvalue weighted by atomic mass is 10.1. The highest BCUT2D eigenvalue weighted by molar-refractivity contribution is 6.84. The van der Waals surface area contributed by atoms with Crippen molar-refractivity contribution in [1.82, 2.24) is 0 Å². The molecule has 1 unspecified atom stereocenters. The second kappa shape index (κ2) is 12.5. The van der Waals surface area contributed by atoms with E-state index in [1.165, 1.54) is 61.9 Å². The van der Waals surface area contributed by atoms with E-state index in [-0.39, 0.29) is 0 Å². The molecule has 0 amide bonds. The third-order valence-electron chi connectivity index (χ3n) is 6.20. The Labute approximate surface area is 149 Å². The minimum Gasteiger partial charge on any atom is -0.411 e. The van der Waals surface area contributed by atoms with Gasteiger partial charge < -0.3 is 4.43 Å². The highest BCUT2D eigenvalue weighted by Gasteiger charge is 2.31. The molecular weight excluding hydrogens is 312 g/mol. The zero-order chi connectivity index (χ0) is 17.8. The highest BCUT2D eigenvalue weighted by Crippen LogP contribution is 2.27. The van der Waals surface area contributed by atoms with Gasteiger partial charge in [0.15, 0.2) is 8.32 Å². The van der Waals surface area contributed by atoms with Crippen molar-refractivity contribution in [1.29, 1.82) is 0 Å². The van der Waals surface area contributed by atoms with Gasteiger partial charge in [0.05, 0.1) is 14.2 Å². The van der Waals surface area contributed by atoms with Crippen LogP contribution >= 0.6 is 0 Å². The van der Waals surface area contributed by atoms with Crippen molar-refractivity contribution in [3.63, 3.8) is 0 Å². The third kappa shape index (κ3) is 7.70. The number of unbranched alkanes of at least 4 members (excludes halogenated alkanes) is 2. The fourth-order valence-electron chi connectivity index (χ4n) is 3.53. The minimum absolute atomic E-state index is 0.379. The van der Waals surface area contributed by atoms with Crippen molar-refractivity contribution in [3.05, 3.63) is 11.8 Å². The molecule has 0 radical (unpaired) electrons. The lowest BCUT2D eigenvalue weighted by Gasteiger charge is -2.33. The van der Waals surface area contributed by atoms with E-state index in [1.54, 1.807) is 0 Å². The van der Waals surface area contributed by atoms with Gasteiger partial charge in [0.2, 0.25) is 0 Å². The molecule has 0 aromatic rings. The van der Waals surface area contributed by atoms with Gasteiger partial charge in [-0.2, -0.15) is 0 Å². The summed E-state index contributed by atoms with van der Waals surface area (Å²) in [5, 5.41) is 0. The predicted molar refractivity (Wildman–Crippen MR) is 113 cm³/mol. The van der Waals surface area contributed by atoms with Gasteiger partial charge in [-0.15, -0.1) is 0 Å². The average molecular weight is 357 g/mol. The SMILES string of the molecule is CCCCCC(/C=C/[Si](CC)(CC)CC)O[Si](CC)(CC)CC. The zero-order valence-corrected chi connectivity index (χ0v) is 19.2. The Hall–Kier alpha value is 0.134. The lowest BCUT2D eigenvalue weighted by Crippen LogP contribution is -2.39. The first-order valence-electron chi connectivity index (χ1n) is 10.4. The van der Waals surface area contributed by atoms with Crippen molar-refractivity contribution < 1.29 is 4.43 Å². The molecule has 0 aromatic carbocycles. The monoisotopic (exact) mass is 356 g/mol. The highest BCUT2D eigenvalue weighted by atomic mass is 28.4. The Balaban J connectivity index is 5.12. The summed E-state index contributed by atoms with van der Waals surface area (Å²) in [6, 6.07) is 7.89. The quantitative estimate of drug-likeness (QED) is 0.230. The molecule has 138 valence electrons. The fraction of sp³-hybridized carbons (Fsp3) is 0.900. The number of hydrogen-bond acceptors (Lipinski definition) is 1. The maximum Gasteiger partial charge on any atom is 0.192 e. The van der Waals surface area contributed by atoms with Crippen LogP contribution in [0.1, 0.15) is 74.1 Å². The van der Waals surface area contributed by atoms with Gasteiger partial charge in [0.1, 0.15) is 0 Å². The minimum atomic E-state index is -1.50. The molecule has 1 nitrogen and oxygen atoms in total. The summed E-state index contributed by atoms with van der Waals surface area (Å²) in [6.07, 6.45) is 8.05. The van der Waals surface area contributed by atoms with Gasteiger partial charge in [-0.25, -0.2) is 0 Å². The van der Waals surface area contributed by atoms with E-state index in [0.717, 1.165) is 0 Å². The van der Waals surface area contributed by atoms with Crippen molar-refractivity contribution in [2.75, 3.05) is 0 Å². The summed E-state index contributed by atoms with van der Waals surface area (Å²) < 4.78 is 6.84. The van der Waals surface area contributed by atoms with Crippen LogP contribution < -0.4 is 0 Å². The van der Waals surface area contributed by atoms with Crippen LogP contribution in [-0.2, 0) is 4.43 Å². The molecule has 0 heterocycles. The van der Waals surface area contributed by atoms with E-state index in [1.807, 2.05) is 0 Å². The molecule has 0 bridgehead atoms. The molecule has 3 heteroatoms. The smallest absolute Gasteiger partial charge is 0.192 e. The van der Waals surface area contributed by atoms with Crippen LogP contribution in [0.5, 0.6) is 0 Å². The maximum atomic E-state index is 6.84. The fourth-order valence-corrected chi connectivity index (χ4v) is 9.19. The predicted octanol–water partition coefficient (Wildman–Crippen LogP) is 7.56. The van der Waals surface area contributed by atoms with Crippen molar-refractivity contribution >= 4 is 16.4 Å². The van der Waals surface area contributed by atoms with Gasteiger partial charge >= 0.3 is 0 Å². The average Bonchev–Trinajstić information content (AvgIpc) is 2.61. The van der Waals surface area contributed by atoms with Crippen molar-refractivity contribution in [3.8, 4) is 0 Å². The lowest BCUT2D eigenvalue weighted by molar-refractivity contribution is 0.218. The first-order chi connectivity index (χ1) is 11.0. The van der Waals surface area contributed by atoms with E-state index < -0.39 is 16.4 Å².